The normalized spacial score (nSPS) is 20.4. The summed E-state index contributed by atoms with van der Waals surface area (Å²) in [4.78, 5) is 6.78. The highest BCUT2D eigenvalue weighted by Crippen LogP contribution is 2.11. The minimum absolute atomic E-state index is 0.198. The van der Waals surface area contributed by atoms with E-state index in [1.165, 1.54) is 5.56 Å². The number of aryl methyl sites for hydroxylation is 2. The number of aromatic nitrogens is 4. The molecule has 3 heterocycles. The third-order valence-corrected chi connectivity index (χ3v) is 3.66. The van der Waals surface area contributed by atoms with Crippen LogP contribution in [0.5, 0.6) is 0 Å². The third kappa shape index (κ3) is 3.08. The van der Waals surface area contributed by atoms with Gasteiger partial charge in [-0.3, -0.25) is 9.58 Å². The molecule has 0 radical (unpaired) electrons. The van der Waals surface area contributed by atoms with Gasteiger partial charge >= 0.3 is 0 Å². The molecule has 1 fully saturated rings. The van der Waals surface area contributed by atoms with Gasteiger partial charge in [0, 0.05) is 38.7 Å². The van der Waals surface area contributed by atoms with Gasteiger partial charge < -0.3 is 9.30 Å². The summed E-state index contributed by atoms with van der Waals surface area (Å²) in [6, 6.07) is 0. The van der Waals surface area contributed by atoms with Gasteiger partial charge in [-0.2, -0.15) is 5.10 Å². The van der Waals surface area contributed by atoms with Crippen LogP contribution in [-0.4, -0.2) is 50.0 Å². The molecule has 0 aromatic carbocycles. The number of ether oxygens (including phenoxy) is 1. The molecule has 0 spiro atoms. The molecular formula is C14H21N5O. The average molecular weight is 275 g/mol. The standard InChI is InChI=1S/C14H21N5O/c1-12-7-16-19(8-12)10-13-9-18(5-6-20-13)11-14-15-3-4-17(14)2/h3-4,7-8,13H,5-6,9-11H2,1-2H3/t13-/m0/s1. The van der Waals surface area contributed by atoms with Gasteiger partial charge in [0.05, 0.1) is 32.0 Å². The quantitative estimate of drug-likeness (QED) is 0.829. The van der Waals surface area contributed by atoms with Crippen LogP contribution in [-0.2, 0) is 24.9 Å². The largest absolute Gasteiger partial charge is 0.374 e. The first-order valence-corrected chi connectivity index (χ1v) is 7.00. The first-order chi connectivity index (χ1) is 9.70. The molecule has 108 valence electrons. The molecule has 0 amide bonds. The van der Waals surface area contributed by atoms with Crippen LogP contribution in [0, 0.1) is 6.92 Å². The molecule has 6 nitrogen and oxygen atoms in total. The number of rotatable bonds is 4. The predicted molar refractivity (Wildman–Crippen MR) is 75.2 cm³/mol. The van der Waals surface area contributed by atoms with Gasteiger partial charge in [-0.05, 0) is 12.5 Å². The van der Waals surface area contributed by atoms with E-state index in [1.807, 2.05) is 30.3 Å². The maximum Gasteiger partial charge on any atom is 0.122 e. The summed E-state index contributed by atoms with van der Waals surface area (Å²) in [6.07, 6.45) is 7.97. The van der Waals surface area contributed by atoms with Gasteiger partial charge in [-0.15, -0.1) is 0 Å². The monoisotopic (exact) mass is 275 g/mol. The molecule has 0 N–H and O–H groups in total. The van der Waals surface area contributed by atoms with Crippen molar-refractivity contribution in [1.82, 2.24) is 24.2 Å². The molecule has 1 atom stereocenters. The lowest BCUT2D eigenvalue weighted by Gasteiger charge is -2.32. The average Bonchev–Trinajstić information content (AvgIpc) is 3.00. The lowest BCUT2D eigenvalue weighted by atomic mass is 10.2. The van der Waals surface area contributed by atoms with E-state index in [0.29, 0.717) is 0 Å². The zero-order valence-electron chi connectivity index (χ0n) is 12.1. The maximum atomic E-state index is 5.84. The molecule has 0 saturated carbocycles. The van der Waals surface area contributed by atoms with Gasteiger partial charge in [-0.1, -0.05) is 0 Å². The highest BCUT2D eigenvalue weighted by atomic mass is 16.5. The van der Waals surface area contributed by atoms with Gasteiger partial charge in [-0.25, -0.2) is 4.98 Å². The van der Waals surface area contributed by atoms with Crippen molar-refractivity contribution in [1.29, 1.82) is 0 Å². The molecule has 1 aliphatic rings. The predicted octanol–water partition coefficient (Wildman–Crippen LogP) is 0.826. The Morgan fingerprint density at radius 3 is 3.05 bits per heavy atom. The van der Waals surface area contributed by atoms with Crippen LogP contribution >= 0.6 is 0 Å². The zero-order valence-corrected chi connectivity index (χ0v) is 12.1. The molecule has 20 heavy (non-hydrogen) atoms. The van der Waals surface area contributed by atoms with Crippen LogP contribution in [0.3, 0.4) is 0 Å². The van der Waals surface area contributed by atoms with Gasteiger partial charge in [0.2, 0.25) is 0 Å². The molecule has 2 aromatic heterocycles. The molecule has 0 unspecified atom stereocenters. The summed E-state index contributed by atoms with van der Waals surface area (Å²) in [5.41, 5.74) is 1.19. The number of hydrogen-bond donors (Lipinski definition) is 0. The van der Waals surface area contributed by atoms with Crippen LogP contribution in [0.15, 0.2) is 24.8 Å². The number of hydrogen-bond acceptors (Lipinski definition) is 4. The molecule has 3 rings (SSSR count). The second-order valence-electron chi connectivity index (χ2n) is 5.42. The van der Waals surface area contributed by atoms with E-state index >= 15 is 0 Å². The summed E-state index contributed by atoms with van der Waals surface area (Å²) in [5, 5.41) is 4.33. The van der Waals surface area contributed by atoms with E-state index in [9.17, 15) is 0 Å². The van der Waals surface area contributed by atoms with Crippen molar-refractivity contribution in [2.24, 2.45) is 7.05 Å². The van der Waals surface area contributed by atoms with Crippen molar-refractivity contribution in [2.45, 2.75) is 26.1 Å². The summed E-state index contributed by atoms with van der Waals surface area (Å²) >= 11 is 0. The lowest BCUT2D eigenvalue weighted by molar-refractivity contribution is -0.0411. The smallest absolute Gasteiger partial charge is 0.122 e. The summed E-state index contributed by atoms with van der Waals surface area (Å²) < 4.78 is 9.87. The Morgan fingerprint density at radius 2 is 2.35 bits per heavy atom. The molecule has 0 bridgehead atoms. The van der Waals surface area contributed by atoms with Crippen molar-refractivity contribution in [3.05, 3.63) is 36.2 Å². The fraction of sp³-hybridized carbons (Fsp3) is 0.571. The highest BCUT2D eigenvalue weighted by molar-refractivity contribution is 4.99. The van der Waals surface area contributed by atoms with E-state index in [2.05, 4.69) is 32.7 Å². The van der Waals surface area contributed by atoms with Crippen molar-refractivity contribution in [3.8, 4) is 0 Å². The molecule has 1 aliphatic heterocycles. The third-order valence-electron chi connectivity index (χ3n) is 3.66. The van der Waals surface area contributed by atoms with Crippen molar-refractivity contribution < 1.29 is 4.74 Å². The number of nitrogens with zero attached hydrogens (tertiary/aromatic N) is 5. The van der Waals surface area contributed by atoms with Gasteiger partial charge in [0.25, 0.3) is 0 Å². The maximum absolute atomic E-state index is 5.84. The van der Waals surface area contributed by atoms with E-state index in [1.54, 1.807) is 0 Å². The Bertz CT molecular complexity index is 561. The summed E-state index contributed by atoms with van der Waals surface area (Å²) in [6.45, 7) is 6.40. The van der Waals surface area contributed by atoms with E-state index in [4.69, 9.17) is 4.74 Å². The Hall–Kier alpha value is -1.66. The molecule has 6 heteroatoms. The van der Waals surface area contributed by atoms with Gasteiger partial charge in [0.1, 0.15) is 5.82 Å². The molecule has 0 aliphatic carbocycles. The van der Waals surface area contributed by atoms with Crippen LogP contribution in [0.4, 0.5) is 0 Å². The SMILES string of the molecule is Cc1cnn(C[C@@H]2CN(Cc3nccn3C)CCO2)c1. The Kier molecular flexibility index (Phi) is 3.84. The molecular weight excluding hydrogens is 254 g/mol. The topological polar surface area (TPSA) is 48.1 Å². The number of imidazole rings is 1. The second kappa shape index (κ2) is 5.76. The minimum Gasteiger partial charge on any atom is -0.374 e. The van der Waals surface area contributed by atoms with Crippen molar-refractivity contribution in [3.63, 3.8) is 0 Å². The van der Waals surface area contributed by atoms with Crippen molar-refractivity contribution in [2.75, 3.05) is 19.7 Å². The summed E-state index contributed by atoms with van der Waals surface area (Å²) in [5.74, 6) is 1.10. The van der Waals surface area contributed by atoms with E-state index in [-0.39, 0.29) is 6.10 Å². The van der Waals surface area contributed by atoms with E-state index < -0.39 is 0 Å². The first kappa shape index (κ1) is 13.3. The van der Waals surface area contributed by atoms with E-state index in [0.717, 1.165) is 38.6 Å². The zero-order chi connectivity index (χ0) is 13.9. The Balaban J connectivity index is 1.57. The fourth-order valence-electron chi connectivity index (χ4n) is 2.56. The lowest BCUT2D eigenvalue weighted by Crippen LogP contribution is -2.44. The van der Waals surface area contributed by atoms with Crippen LogP contribution in [0.25, 0.3) is 0 Å². The second-order valence-corrected chi connectivity index (χ2v) is 5.42. The Labute approximate surface area is 119 Å². The van der Waals surface area contributed by atoms with Gasteiger partial charge in [0.15, 0.2) is 0 Å². The Morgan fingerprint density at radius 1 is 1.45 bits per heavy atom. The summed E-state index contributed by atoms with van der Waals surface area (Å²) in [7, 11) is 2.03. The minimum atomic E-state index is 0.198. The van der Waals surface area contributed by atoms with Crippen molar-refractivity contribution >= 4 is 0 Å². The fourth-order valence-corrected chi connectivity index (χ4v) is 2.56. The van der Waals surface area contributed by atoms with Crippen LogP contribution < -0.4 is 0 Å². The van der Waals surface area contributed by atoms with Crippen LogP contribution in [0.1, 0.15) is 11.4 Å². The number of morpholine rings is 1. The highest BCUT2D eigenvalue weighted by Gasteiger charge is 2.22. The molecule has 1 saturated heterocycles. The van der Waals surface area contributed by atoms with Crippen LogP contribution in [0.2, 0.25) is 0 Å². The molecule has 2 aromatic rings. The first-order valence-electron chi connectivity index (χ1n) is 7.00.